The molecule has 6 nitrogen and oxygen atoms in total. The summed E-state index contributed by atoms with van der Waals surface area (Å²) in [5.74, 6) is 1.92. The summed E-state index contributed by atoms with van der Waals surface area (Å²) in [7, 11) is 0. The maximum Gasteiger partial charge on any atom is 0.222 e. The summed E-state index contributed by atoms with van der Waals surface area (Å²) in [5, 5.41) is 11.0. The number of ether oxygens (including phenoxy) is 2. The first-order valence-electron chi connectivity index (χ1n) is 11.7. The number of carbonyl (C=O) groups excluding carboxylic acids is 1. The van der Waals surface area contributed by atoms with Gasteiger partial charge in [-0.2, -0.15) is 0 Å². The molecule has 1 amide bonds. The van der Waals surface area contributed by atoms with Crippen LogP contribution in [-0.4, -0.2) is 65.8 Å². The van der Waals surface area contributed by atoms with Crippen LogP contribution in [0.3, 0.4) is 0 Å². The quantitative estimate of drug-likeness (QED) is 0.576. The fourth-order valence-corrected chi connectivity index (χ4v) is 4.53. The maximum absolute atomic E-state index is 11.6. The Bertz CT molecular complexity index is 858. The molecule has 2 fully saturated rings. The SMILES string of the molecule is O=C1CCCN1CCCOc1ccc(CN2CCC[C@](O)(COc3ccccc3)C2)cc1. The number of nitrogens with zero attached hydrogens (tertiary/aromatic N) is 2. The zero-order valence-corrected chi connectivity index (χ0v) is 18.7. The van der Waals surface area contributed by atoms with E-state index in [0.717, 1.165) is 63.4 Å². The predicted octanol–water partition coefficient (Wildman–Crippen LogP) is 3.48. The Balaban J connectivity index is 1.20. The average Bonchev–Trinajstić information content (AvgIpc) is 3.22. The molecule has 2 saturated heterocycles. The van der Waals surface area contributed by atoms with Crippen molar-refractivity contribution in [2.24, 2.45) is 0 Å². The van der Waals surface area contributed by atoms with Crippen molar-refractivity contribution in [3.8, 4) is 11.5 Å². The highest BCUT2D eigenvalue weighted by Gasteiger charge is 2.34. The second-order valence-electron chi connectivity index (χ2n) is 8.97. The minimum atomic E-state index is -0.826. The second-order valence-corrected chi connectivity index (χ2v) is 8.97. The van der Waals surface area contributed by atoms with Crippen LogP contribution in [0.25, 0.3) is 0 Å². The first-order chi connectivity index (χ1) is 15.6. The number of carbonyl (C=O) groups is 1. The van der Waals surface area contributed by atoms with Crippen LogP contribution in [0.15, 0.2) is 54.6 Å². The fourth-order valence-electron chi connectivity index (χ4n) is 4.53. The van der Waals surface area contributed by atoms with E-state index in [1.165, 1.54) is 5.56 Å². The molecule has 0 bridgehead atoms. The van der Waals surface area contributed by atoms with E-state index < -0.39 is 5.60 Å². The highest BCUT2D eigenvalue weighted by atomic mass is 16.5. The van der Waals surface area contributed by atoms with Gasteiger partial charge in [0.2, 0.25) is 5.91 Å². The number of hydrogen-bond donors (Lipinski definition) is 1. The molecule has 0 aliphatic carbocycles. The normalized spacial score (nSPS) is 21.7. The largest absolute Gasteiger partial charge is 0.494 e. The fraction of sp³-hybridized carbons (Fsp3) is 0.500. The van der Waals surface area contributed by atoms with Crippen molar-refractivity contribution in [2.75, 3.05) is 39.4 Å². The van der Waals surface area contributed by atoms with E-state index in [-0.39, 0.29) is 5.91 Å². The van der Waals surface area contributed by atoms with E-state index >= 15 is 0 Å². The lowest BCUT2D eigenvalue weighted by atomic mass is 9.93. The van der Waals surface area contributed by atoms with Gasteiger partial charge in [-0.25, -0.2) is 0 Å². The lowest BCUT2D eigenvalue weighted by molar-refractivity contribution is -0.127. The Morgan fingerprint density at radius 3 is 2.47 bits per heavy atom. The molecule has 172 valence electrons. The topological polar surface area (TPSA) is 62.2 Å². The van der Waals surface area contributed by atoms with Crippen molar-refractivity contribution >= 4 is 5.91 Å². The van der Waals surface area contributed by atoms with E-state index in [1.807, 2.05) is 47.4 Å². The van der Waals surface area contributed by atoms with Crippen molar-refractivity contribution in [2.45, 2.75) is 44.2 Å². The van der Waals surface area contributed by atoms with Crippen LogP contribution in [0.5, 0.6) is 11.5 Å². The molecule has 2 aliphatic rings. The molecule has 0 saturated carbocycles. The van der Waals surface area contributed by atoms with Gasteiger partial charge in [-0.05, 0) is 62.1 Å². The number of β-amino-alcohol motifs (C(OH)–C–C–N with tert-alkyl or cyclic N) is 1. The Kier molecular flexibility index (Phi) is 7.66. The Hall–Kier alpha value is -2.57. The standard InChI is InChI=1S/C26H34N2O4/c29-25-9-4-16-28(25)17-6-18-31-24-12-10-22(11-13-24)19-27-15-5-14-26(30,20-27)21-32-23-7-2-1-3-8-23/h1-3,7-8,10-13,30H,4-6,9,14-21H2/t26-/m1/s1. The highest BCUT2D eigenvalue weighted by Crippen LogP contribution is 2.25. The number of amides is 1. The third-order valence-electron chi connectivity index (χ3n) is 6.23. The van der Waals surface area contributed by atoms with Gasteiger partial charge in [0.1, 0.15) is 23.7 Å². The van der Waals surface area contributed by atoms with E-state index in [2.05, 4.69) is 17.0 Å². The summed E-state index contributed by atoms with van der Waals surface area (Å²) in [4.78, 5) is 15.9. The molecule has 2 aromatic carbocycles. The lowest BCUT2D eigenvalue weighted by Gasteiger charge is -2.39. The molecule has 32 heavy (non-hydrogen) atoms. The van der Waals surface area contributed by atoms with Gasteiger partial charge in [0.15, 0.2) is 0 Å². The van der Waals surface area contributed by atoms with Gasteiger partial charge in [0.05, 0.1) is 6.61 Å². The number of hydrogen-bond acceptors (Lipinski definition) is 5. The molecule has 0 aromatic heterocycles. The van der Waals surface area contributed by atoms with Gasteiger partial charge in [-0.15, -0.1) is 0 Å². The summed E-state index contributed by atoms with van der Waals surface area (Å²) in [5.41, 5.74) is 0.377. The summed E-state index contributed by atoms with van der Waals surface area (Å²) < 4.78 is 11.7. The molecule has 0 unspecified atom stereocenters. The minimum Gasteiger partial charge on any atom is -0.494 e. The molecular weight excluding hydrogens is 404 g/mol. The van der Waals surface area contributed by atoms with E-state index in [4.69, 9.17) is 9.47 Å². The molecule has 1 atom stereocenters. The number of piperidine rings is 1. The van der Waals surface area contributed by atoms with Gasteiger partial charge in [-0.3, -0.25) is 9.69 Å². The van der Waals surface area contributed by atoms with Crippen LogP contribution >= 0.6 is 0 Å². The number of likely N-dealkylation sites (tertiary alicyclic amines) is 2. The van der Waals surface area contributed by atoms with Crippen molar-refractivity contribution in [3.05, 3.63) is 60.2 Å². The summed E-state index contributed by atoms with van der Waals surface area (Å²) in [6.45, 7) is 4.97. The van der Waals surface area contributed by atoms with Crippen LogP contribution in [0, 0.1) is 0 Å². The first kappa shape index (κ1) is 22.6. The van der Waals surface area contributed by atoms with Crippen molar-refractivity contribution < 1.29 is 19.4 Å². The molecule has 1 N–H and O–H groups in total. The number of aliphatic hydroxyl groups is 1. The maximum atomic E-state index is 11.6. The average molecular weight is 439 g/mol. The summed E-state index contributed by atoms with van der Waals surface area (Å²) in [6.07, 6.45) is 4.23. The minimum absolute atomic E-state index is 0.269. The molecule has 4 rings (SSSR count). The van der Waals surface area contributed by atoms with E-state index in [1.54, 1.807) is 0 Å². The zero-order valence-electron chi connectivity index (χ0n) is 18.7. The second kappa shape index (κ2) is 10.8. The van der Waals surface area contributed by atoms with Gasteiger partial charge >= 0.3 is 0 Å². The highest BCUT2D eigenvalue weighted by molar-refractivity contribution is 5.77. The first-order valence-corrected chi connectivity index (χ1v) is 11.7. The molecule has 2 aliphatic heterocycles. The Morgan fingerprint density at radius 1 is 0.938 bits per heavy atom. The van der Waals surface area contributed by atoms with Crippen LogP contribution in [-0.2, 0) is 11.3 Å². The van der Waals surface area contributed by atoms with Crippen LogP contribution < -0.4 is 9.47 Å². The van der Waals surface area contributed by atoms with Gasteiger partial charge < -0.3 is 19.5 Å². The predicted molar refractivity (Wildman–Crippen MR) is 124 cm³/mol. The lowest BCUT2D eigenvalue weighted by Crippen LogP contribution is -2.51. The Labute approximate surface area is 190 Å². The van der Waals surface area contributed by atoms with E-state index in [0.29, 0.717) is 26.2 Å². The van der Waals surface area contributed by atoms with Gasteiger partial charge in [-0.1, -0.05) is 30.3 Å². The van der Waals surface area contributed by atoms with Crippen molar-refractivity contribution in [1.82, 2.24) is 9.80 Å². The monoisotopic (exact) mass is 438 g/mol. The number of rotatable bonds is 10. The third kappa shape index (κ3) is 6.47. The molecule has 6 heteroatoms. The van der Waals surface area contributed by atoms with Crippen LogP contribution in [0.4, 0.5) is 0 Å². The van der Waals surface area contributed by atoms with Gasteiger partial charge in [0.25, 0.3) is 0 Å². The van der Waals surface area contributed by atoms with Gasteiger partial charge in [0, 0.05) is 32.6 Å². The molecule has 0 spiro atoms. The van der Waals surface area contributed by atoms with Crippen LogP contribution in [0.2, 0.25) is 0 Å². The third-order valence-corrected chi connectivity index (χ3v) is 6.23. The van der Waals surface area contributed by atoms with E-state index in [9.17, 15) is 9.90 Å². The smallest absolute Gasteiger partial charge is 0.222 e. The molecule has 2 aromatic rings. The zero-order chi connectivity index (χ0) is 22.2. The number of para-hydroxylation sites is 1. The van der Waals surface area contributed by atoms with Crippen molar-refractivity contribution in [1.29, 1.82) is 0 Å². The van der Waals surface area contributed by atoms with Crippen molar-refractivity contribution in [3.63, 3.8) is 0 Å². The summed E-state index contributed by atoms with van der Waals surface area (Å²) >= 11 is 0. The number of benzene rings is 2. The molecule has 2 heterocycles. The van der Waals surface area contributed by atoms with Crippen LogP contribution in [0.1, 0.15) is 37.7 Å². The molecular formula is C26H34N2O4. The summed E-state index contributed by atoms with van der Waals surface area (Å²) in [6, 6.07) is 17.9. The Morgan fingerprint density at radius 2 is 1.72 bits per heavy atom. The molecule has 0 radical (unpaired) electrons.